The third-order valence-corrected chi connectivity index (χ3v) is 6.65. The minimum absolute atomic E-state index is 0.392. The van der Waals surface area contributed by atoms with E-state index >= 15 is 0 Å². The van der Waals surface area contributed by atoms with Crippen LogP contribution in [-0.2, 0) is 27.1 Å². The highest BCUT2D eigenvalue weighted by Gasteiger charge is 2.43. The van der Waals surface area contributed by atoms with Crippen LogP contribution in [0.2, 0.25) is 0 Å². The average Bonchev–Trinajstić information content (AvgIpc) is 2.86. The molecule has 1 saturated heterocycles. The van der Waals surface area contributed by atoms with Gasteiger partial charge in [-0.05, 0) is 6.07 Å². The van der Waals surface area contributed by atoms with Crippen LogP contribution in [0.25, 0.3) is 0 Å². The number of aliphatic hydroxyl groups is 3. The van der Waals surface area contributed by atoms with E-state index in [-0.39, 0.29) is 0 Å². The fourth-order valence-electron chi connectivity index (χ4n) is 2.14. The van der Waals surface area contributed by atoms with E-state index in [1.165, 1.54) is 12.3 Å². The zero-order valence-electron chi connectivity index (χ0n) is 15.3. The van der Waals surface area contributed by atoms with E-state index in [1.54, 1.807) is 7.05 Å². The molecule has 0 radical (unpaired) electrons. The van der Waals surface area contributed by atoms with Crippen LogP contribution < -0.4 is 11.0 Å². The van der Waals surface area contributed by atoms with Crippen LogP contribution in [0.5, 0.6) is 0 Å². The van der Waals surface area contributed by atoms with E-state index in [0.29, 0.717) is 5.82 Å². The lowest BCUT2D eigenvalue weighted by Gasteiger charge is -2.17. The molecule has 0 unspecified atom stereocenters. The van der Waals surface area contributed by atoms with E-state index in [4.69, 9.17) is 34.3 Å². The molecular formula is C10H20N3O15P3. The van der Waals surface area contributed by atoms with E-state index in [0.717, 1.165) is 4.57 Å². The molecule has 21 heteroatoms. The molecule has 31 heavy (non-hydrogen) atoms. The summed E-state index contributed by atoms with van der Waals surface area (Å²) in [6.45, 7) is -0.439. The standard InChI is InChI=1S/C10H15N3O5.H5O10P3/c1-11-6-2-3-13(10(17)12-6)9-8(16)7(15)5(4-14)18-9;1-11(2,3)9-13(7,8)10-12(4,5)6/h2-3,5,7-9,14-16H,4H2,1H3,(H,11,12,17);(H,7,8)(H2,1,2,3)(H2,4,5,6)/t5-,7-,8-,9-;/m1./s1. The maximum Gasteiger partial charge on any atom is 0.490 e. The highest BCUT2D eigenvalue weighted by molar-refractivity contribution is 7.66. The number of aromatic nitrogens is 2. The fraction of sp³-hybridized carbons (Fsp3) is 0.600. The first-order chi connectivity index (χ1) is 14.0. The first-order valence-electron chi connectivity index (χ1n) is 7.75. The molecular weight excluding hydrogens is 495 g/mol. The molecule has 1 aliphatic heterocycles. The van der Waals surface area contributed by atoms with Gasteiger partial charge >= 0.3 is 29.2 Å². The molecule has 1 aromatic heterocycles. The Labute approximate surface area is 172 Å². The van der Waals surface area contributed by atoms with Gasteiger partial charge in [0.05, 0.1) is 6.61 Å². The second-order valence-electron chi connectivity index (χ2n) is 5.59. The predicted molar refractivity (Wildman–Crippen MR) is 97.1 cm³/mol. The van der Waals surface area contributed by atoms with Crippen LogP contribution in [0.1, 0.15) is 6.23 Å². The van der Waals surface area contributed by atoms with Crippen molar-refractivity contribution in [2.75, 3.05) is 19.0 Å². The first kappa shape index (κ1) is 28.0. The Morgan fingerprint density at radius 1 is 1.10 bits per heavy atom. The molecule has 0 aromatic carbocycles. The summed E-state index contributed by atoms with van der Waals surface area (Å²) < 4.78 is 42.7. The van der Waals surface area contributed by atoms with Crippen molar-refractivity contribution in [3.63, 3.8) is 0 Å². The Morgan fingerprint density at radius 3 is 1.97 bits per heavy atom. The van der Waals surface area contributed by atoms with Gasteiger partial charge in [0, 0.05) is 13.2 Å². The number of nitrogens with zero attached hydrogens (tertiary/aromatic N) is 2. The van der Waals surface area contributed by atoms with Crippen LogP contribution in [0.4, 0.5) is 5.82 Å². The van der Waals surface area contributed by atoms with Gasteiger partial charge in [0.25, 0.3) is 0 Å². The maximum atomic E-state index is 11.7. The van der Waals surface area contributed by atoms with Gasteiger partial charge in [-0.3, -0.25) is 4.57 Å². The molecule has 18 nitrogen and oxygen atoms in total. The quantitative estimate of drug-likeness (QED) is 0.166. The second-order valence-corrected chi connectivity index (χ2v) is 9.80. The third kappa shape index (κ3) is 9.13. The number of hydrogen-bond acceptors (Lipinski definition) is 12. The van der Waals surface area contributed by atoms with E-state index in [2.05, 4.69) is 18.9 Å². The summed E-state index contributed by atoms with van der Waals surface area (Å²) in [4.78, 5) is 55.6. The number of anilines is 1. The van der Waals surface area contributed by atoms with Crippen LogP contribution in [0.3, 0.4) is 0 Å². The fourth-order valence-corrected chi connectivity index (χ4v) is 4.68. The van der Waals surface area contributed by atoms with Gasteiger partial charge < -0.3 is 49.8 Å². The van der Waals surface area contributed by atoms with Crippen molar-refractivity contribution in [2.24, 2.45) is 0 Å². The summed E-state index contributed by atoms with van der Waals surface area (Å²) in [6.07, 6.45) is -3.09. The SMILES string of the molecule is CNc1ccn([C@@H]2O[C@H](CO)[C@@H](O)[C@H]2O)c(=O)n1.O=P(O)(O)OP(=O)(O)OP(=O)(O)O. The van der Waals surface area contributed by atoms with Crippen molar-refractivity contribution in [1.29, 1.82) is 0 Å². The Bertz CT molecular complexity index is 914. The van der Waals surface area contributed by atoms with Crippen LogP contribution in [-0.4, -0.2) is 81.3 Å². The lowest BCUT2D eigenvalue weighted by atomic mass is 10.1. The van der Waals surface area contributed by atoms with Crippen LogP contribution in [0, 0.1) is 0 Å². The molecule has 180 valence electrons. The minimum atomic E-state index is -5.46. The molecule has 0 bridgehead atoms. The van der Waals surface area contributed by atoms with Gasteiger partial charge in [-0.2, -0.15) is 13.6 Å². The summed E-state index contributed by atoms with van der Waals surface area (Å²) in [7, 11) is -14.5. The summed E-state index contributed by atoms with van der Waals surface area (Å²) in [5.74, 6) is 0.392. The molecule has 4 atom stereocenters. The molecule has 1 fully saturated rings. The van der Waals surface area contributed by atoms with Gasteiger partial charge in [-0.1, -0.05) is 0 Å². The van der Waals surface area contributed by atoms with Gasteiger partial charge in [-0.15, -0.1) is 0 Å². The topological polar surface area (TPSA) is 288 Å². The third-order valence-electron chi connectivity index (χ3n) is 3.30. The van der Waals surface area contributed by atoms with Crippen LogP contribution in [0.15, 0.2) is 17.1 Å². The van der Waals surface area contributed by atoms with Gasteiger partial charge in [0.15, 0.2) is 6.23 Å². The normalized spacial score (nSPS) is 24.4. The van der Waals surface area contributed by atoms with Crippen molar-refractivity contribution in [1.82, 2.24) is 9.55 Å². The zero-order valence-corrected chi connectivity index (χ0v) is 18.0. The molecule has 0 aliphatic carbocycles. The summed E-state index contributed by atoms with van der Waals surface area (Å²) in [5.41, 5.74) is -0.614. The maximum absolute atomic E-state index is 11.7. The molecule has 2 rings (SSSR count). The lowest BCUT2D eigenvalue weighted by Crippen LogP contribution is -2.36. The number of hydrogen-bond donors (Lipinski definition) is 9. The average molecular weight is 515 g/mol. The lowest BCUT2D eigenvalue weighted by molar-refractivity contribution is -0.0549. The molecule has 0 saturated carbocycles. The first-order valence-corrected chi connectivity index (χ1v) is 12.3. The molecule has 0 amide bonds. The summed E-state index contributed by atoms with van der Waals surface area (Å²) >= 11 is 0. The molecule has 1 aromatic rings. The highest BCUT2D eigenvalue weighted by atomic mass is 31.3. The second kappa shape index (κ2) is 10.7. The minimum Gasteiger partial charge on any atom is -0.394 e. The van der Waals surface area contributed by atoms with Gasteiger partial charge in [0.2, 0.25) is 0 Å². The monoisotopic (exact) mass is 515 g/mol. The number of nitrogens with one attached hydrogen (secondary N) is 1. The number of ether oxygens (including phenoxy) is 1. The summed E-state index contributed by atoms with van der Waals surface area (Å²) in [6, 6.07) is 1.54. The van der Waals surface area contributed by atoms with E-state index in [9.17, 15) is 28.7 Å². The van der Waals surface area contributed by atoms with E-state index < -0.39 is 60.3 Å². The van der Waals surface area contributed by atoms with Crippen LogP contribution >= 0.6 is 23.5 Å². The number of rotatable bonds is 7. The Kier molecular flexibility index (Phi) is 9.65. The van der Waals surface area contributed by atoms with Crippen molar-refractivity contribution in [3.05, 3.63) is 22.7 Å². The number of phosphoric acid groups is 3. The zero-order chi connectivity index (χ0) is 24.2. The molecule has 9 N–H and O–H groups in total. The van der Waals surface area contributed by atoms with Crippen molar-refractivity contribution in [2.45, 2.75) is 24.5 Å². The summed E-state index contributed by atoms with van der Waals surface area (Å²) in [5, 5.41) is 31.0. The Hall–Kier alpha value is -1.07. The smallest absolute Gasteiger partial charge is 0.394 e. The number of aliphatic hydroxyl groups excluding tert-OH is 3. The largest absolute Gasteiger partial charge is 0.490 e. The van der Waals surface area contributed by atoms with Gasteiger partial charge in [0.1, 0.15) is 24.1 Å². The molecule has 1 aliphatic rings. The highest BCUT2D eigenvalue weighted by Crippen LogP contribution is 2.64. The molecule has 0 spiro atoms. The van der Waals surface area contributed by atoms with Crippen molar-refractivity contribution >= 4 is 29.3 Å². The van der Waals surface area contributed by atoms with Crippen molar-refractivity contribution < 1.29 is 66.8 Å². The van der Waals surface area contributed by atoms with Gasteiger partial charge in [-0.25, -0.2) is 18.5 Å². The van der Waals surface area contributed by atoms with Crippen molar-refractivity contribution in [3.8, 4) is 0 Å². The van der Waals surface area contributed by atoms with E-state index in [1.807, 2.05) is 0 Å². The Balaban J connectivity index is 0.000000330. The molecule has 2 heterocycles. The predicted octanol–water partition coefficient (Wildman–Crippen LogP) is -2.80. The Morgan fingerprint density at radius 2 is 1.61 bits per heavy atom.